The SMILES string of the molecule is C=CC(=O)N1CCC(NC(=O)CN(C)c2ccc(Nc3ncc(I)c(Nc4ccccc4C(=O)NC)n3)c(OC)c2)CC1. The van der Waals surface area contributed by atoms with E-state index in [2.05, 4.69) is 60.4 Å². The van der Waals surface area contributed by atoms with Crippen molar-refractivity contribution in [2.24, 2.45) is 0 Å². The summed E-state index contributed by atoms with van der Waals surface area (Å²) in [5.41, 5.74) is 2.55. The molecule has 1 aromatic heterocycles. The molecule has 0 aliphatic carbocycles. The Kier molecular flexibility index (Phi) is 10.8. The molecule has 43 heavy (non-hydrogen) atoms. The molecule has 1 saturated heterocycles. The van der Waals surface area contributed by atoms with Crippen LogP contribution in [0.2, 0.25) is 0 Å². The van der Waals surface area contributed by atoms with E-state index in [1.54, 1.807) is 37.4 Å². The molecule has 4 rings (SSSR count). The number of rotatable bonds is 11. The Morgan fingerprint density at radius 3 is 2.58 bits per heavy atom. The summed E-state index contributed by atoms with van der Waals surface area (Å²) in [6.07, 6.45) is 4.42. The molecular weight excluding hydrogens is 663 g/mol. The second-order valence-corrected chi connectivity index (χ2v) is 11.0. The van der Waals surface area contributed by atoms with Crippen molar-refractivity contribution in [3.63, 3.8) is 0 Å². The summed E-state index contributed by atoms with van der Waals surface area (Å²) in [6.45, 7) is 4.89. The minimum Gasteiger partial charge on any atom is -0.494 e. The van der Waals surface area contributed by atoms with Gasteiger partial charge in [-0.2, -0.15) is 4.98 Å². The molecule has 0 spiro atoms. The van der Waals surface area contributed by atoms with Crippen molar-refractivity contribution in [2.45, 2.75) is 18.9 Å². The Bertz CT molecular complexity index is 1490. The summed E-state index contributed by atoms with van der Waals surface area (Å²) < 4.78 is 6.40. The molecule has 1 aliphatic rings. The Morgan fingerprint density at radius 1 is 1.14 bits per heavy atom. The van der Waals surface area contributed by atoms with Crippen molar-refractivity contribution in [1.29, 1.82) is 0 Å². The highest BCUT2D eigenvalue weighted by Crippen LogP contribution is 2.32. The first-order valence-electron chi connectivity index (χ1n) is 13.7. The van der Waals surface area contributed by atoms with E-state index in [0.29, 0.717) is 60.4 Å². The average Bonchev–Trinajstić information content (AvgIpc) is 3.02. The lowest BCUT2D eigenvalue weighted by molar-refractivity contribution is -0.127. The predicted octanol–water partition coefficient (Wildman–Crippen LogP) is 3.67. The molecular formula is C30H35IN8O4. The van der Waals surface area contributed by atoms with Crippen molar-refractivity contribution < 1.29 is 19.1 Å². The number of hydrogen-bond donors (Lipinski definition) is 4. The summed E-state index contributed by atoms with van der Waals surface area (Å²) in [6, 6.07) is 12.8. The fraction of sp³-hybridized carbons (Fsp3) is 0.300. The number of methoxy groups -OCH3 is 1. The highest BCUT2D eigenvalue weighted by molar-refractivity contribution is 14.1. The van der Waals surface area contributed by atoms with Gasteiger partial charge in [0.05, 0.1) is 34.2 Å². The molecule has 2 aromatic carbocycles. The molecule has 0 saturated carbocycles. The van der Waals surface area contributed by atoms with Crippen molar-refractivity contribution in [2.75, 3.05) is 56.4 Å². The van der Waals surface area contributed by atoms with Gasteiger partial charge >= 0.3 is 0 Å². The lowest BCUT2D eigenvalue weighted by atomic mass is 10.0. The number of carbonyl (C=O) groups excluding carboxylic acids is 3. The van der Waals surface area contributed by atoms with E-state index in [1.165, 1.54) is 6.08 Å². The Hall–Kier alpha value is -4.40. The first-order valence-corrected chi connectivity index (χ1v) is 14.8. The Labute approximate surface area is 264 Å². The van der Waals surface area contributed by atoms with E-state index in [9.17, 15) is 14.4 Å². The van der Waals surface area contributed by atoms with Crippen LogP contribution in [0.1, 0.15) is 23.2 Å². The third-order valence-electron chi connectivity index (χ3n) is 7.00. The molecule has 2 heterocycles. The standard InChI is InChI=1S/C30H35IN8O4/c1-5-27(41)39-14-12-19(13-15-39)34-26(40)18-38(3)20-10-11-24(25(16-20)43-4)36-30-33-17-22(31)28(37-30)35-23-9-7-6-8-21(23)29(42)32-2/h5-11,16-17,19H,1,12-15,18H2,2-4H3,(H,32,42)(H,34,40)(H2,33,35,36,37). The van der Waals surface area contributed by atoms with Gasteiger partial charge in [-0.15, -0.1) is 0 Å². The van der Waals surface area contributed by atoms with Crippen LogP contribution in [0.5, 0.6) is 5.75 Å². The number of amides is 3. The van der Waals surface area contributed by atoms with Crippen LogP contribution in [0.3, 0.4) is 0 Å². The molecule has 1 aliphatic heterocycles. The van der Waals surface area contributed by atoms with Crippen LogP contribution in [0, 0.1) is 3.57 Å². The van der Waals surface area contributed by atoms with E-state index < -0.39 is 0 Å². The zero-order valence-corrected chi connectivity index (χ0v) is 26.5. The summed E-state index contributed by atoms with van der Waals surface area (Å²) in [5, 5.41) is 12.2. The molecule has 0 atom stereocenters. The normalized spacial score (nSPS) is 13.1. The lowest BCUT2D eigenvalue weighted by Crippen LogP contribution is -2.48. The summed E-state index contributed by atoms with van der Waals surface area (Å²) >= 11 is 2.13. The number of carbonyl (C=O) groups is 3. The van der Waals surface area contributed by atoms with E-state index in [1.807, 2.05) is 42.3 Å². The van der Waals surface area contributed by atoms with Crippen LogP contribution in [0.25, 0.3) is 0 Å². The number of nitrogens with zero attached hydrogens (tertiary/aromatic N) is 4. The number of nitrogens with one attached hydrogen (secondary N) is 4. The monoisotopic (exact) mass is 698 g/mol. The molecule has 1 fully saturated rings. The van der Waals surface area contributed by atoms with Crippen molar-refractivity contribution >= 4 is 69.1 Å². The maximum atomic E-state index is 12.8. The van der Waals surface area contributed by atoms with Gasteiger partial charge in [-0.25, -0.2) is 4.98 Å². The number of halogens is 1. The highest BCUT2D eigenvalue weighted by Gasteiger charge is 2.23. The van der Waals surface area contributed by atoms with E-state index in [-0.39, 0.29) is 30.3 Å². The number of likely N-dealkylation sites (N-methyl/N-ethyl adjacent to an activating group) is 1. The van der Waals surface area contributed by atoms with Crippen LogP contribution in [0.15, 0.2) is 61.3 Å². The van der Waals surface area contributed by atoms with Gasteiger partial charge in [-0.1, -0.05) is 18.7 Å². The molecule has 4 N–H and O–H groups in total. The Morgan fingerprint density at radius 2 is 1.88 bits per heavy atom. The van der Waals surface area contributed by atoms with Gasteiger partial charge in [0, 0.05) is 51.2 Å². The average molecular weight is 699 g/mol. The van der Waals surface area contributed by atoms with Crippen LogP contribution < -0.4 is 30.9 Å². The van der Waals surface area contributed by atoms with Crippen molar-refractivity contribution in [1.82, 2.24) is 25.5 Å². The quantitative estimate of drug-likeness (QED) is 0.175. The molecule has 226 valence electrons. The molecule has 3 aromatic rings. The van der Waals surface area contributed by atoms with Crippen LogP contribution in [0.4, 0.5) is 28.8 Å². The maximum absolute atomic E-state index is 12.8. The zero-order chi connectivity index (χ0) is 30.9. The summed E-state index contributed by atoms with van der Waals surface area (Å²) in [7, 11) is 4.99. The minimum absolute atomic E-state index is 0.0291. The van der Waals surface area contributed by atoms with Gasteiger partial charge in [-0.3, -0.25) is 14.4 Å². The van der Waals surface area contributed by atoms with Gasteiger partial charge in [0.15, 0.2) is 0 Å². The second kappa shape index (κ2) is 14.7. The molecule has 13 heteroatoms. The predicted molar refractivity (Wildman–Crippen MR) is 175 cm³/mol. The van der Waals surface area contributed by atoms with E-state index in [4.69, 9.17) is 4.74 Å². The van der Waals surface area contributed by atoms with Crippen LogP contribution in [-0.4, -0.2) is 79.5 Å². The number of anilines is 5. The Balaban J connectivity index is 1.40. The van der Waals surface area contributed by atoms with Crippen molar-refractivity contribution in [3.8, 4) is 5.75 Å². The third kappa shape index (κ3) is 8.12. The summed E-state index contributed by atoms with van der Waals surface area (Å²) in [5.74, 6) is 1.03. The van der Waals surface area contributed by atoms with Crippen LogP contribution in [-0.2, 0) is 9.59 Å². The number of ether oxygens (including phenoxy) is 1. The smallest absolute Gasteiger partial charge is 0.253 e. The largest absolute Gasteiger partial charge is 0.494 e. The van der Waals surface area contributed by atoms with Gasteiger partial charge < -0.3 is 35.8 Å². The minimum atomic E-state index is -0.208. The van der Waals surface area contributed by atoms with Gasteiger partial charge in [0.2, 0.25) is 17.8 Å². The topological polar surface area (TPSA) is 141 Å². The first kappa shape index (κ1) is 31.5. The van der Waals surface area contributed by atoms with Gasteiger partial charge in [0.25, 0.3) is 5.91 Å². The maximum Gasteiger partial charge on any atom is 0.253 e. The zero-order valence-electron chi connectivity index (χ0n) is 24.3. The highest BCUT2D eigenvalue weighted by atomic mass is 127. The van der Waals surface area contributed by atoms with Gasteiger partial charge in [-0.05, 0) is 65.8 Å². The second-order valence-electron chi connectivity index (χ2n) is 9.88. The fourth-order valence-corrected chi connectivity index (χ4v) is 5.06. The number of likely N-dealkylation sites (tertiary alicyclic amines) is 1. The number of para-hydroxylation sites is 1. The van der Waals surface area contributed by atoms with Crippen molar-refractivity contribution in [3.05, 3.63) is 70.5 Å². The number of benzene rings is 2. The molecule has 0 unspecified atom stereocenters. The number of piperidine rings is 1. The number of hydrogen-bond acceptors (Lipinski definition) is 9. The van der Waals surface area contributed by atoms with E-state index in [0.717, 1.165) is 9.26 Å². The molecule has 12 nitrogen and oxygen atoms in total. The summed E-state index contributed by atoms with van der Waals surface area (Å²) in [4.78, 5) is 49.5. The third-order valence-corrected chi connectivity index (χ3v) is 7.78. The number of aromatic nitrogens is 2. The fourth-order valence-electron chi connectivity index (χ4n) is 4.66. The molecule has 0 radical (unpaired) electrons. The first-order chi connectivity index (χ1) is 20.7. The van der Waals surface area contributed by atoms with Gasteiger partial charge in [0.1, 0.15) is 11.6 Å². The van der Waals surface area contributed by atoms with E-state index >= 15 is 0 Å². The lowest BCUT2D eigenvalue weighted by Gasteiger charge is -2.32. The molecule has 3 amide bonds. The molecule has 0 bridgehead atoms. The van der Waals surface area contributed by atoms with Crippen LogP contribution >= 0.6 is 22.6 Å².